The fourth-order valence-electron chi connectivity index (χ4n) is 4.01. The number of likely N-dealkylation sites (N-methyl/N-ethyl adjacent to an activating group) is 2. The first-order valence-corrected chi connectivity index (χ1v) is 11.7. The first kappa shape index (κ1) is 22.3. The molecule has 6 nitrogen and oxygen atoms in total. The van der Waals surface area contributed by atoms with Crippen molar-refractivity contribution in [2.24, 2.45) is 7.05 Å². The number of thiophene rings is 1. The van der Waals surface area contributed by atoms with Crippen LogP contribution in [-0.2, 0) is 13.5 Å². The summed E-state index contributed by atoms with van der Waals surface area (Å²) >= 11 is 1.81. The van der Waals surface area contributed by atoms with E-state index in [4.69, 9.17) is 10.7 Å². The number of rotatable bonds is 7. The number of nitrogens with zero attached hydrogens (tertiary/aromatic N) is 5. The third-order valence-corrected chi connectivity index (χ3v) is 6.97. The molecule has 1 aromatic carbocycles. The second-order valence-electron chi connectivity index (χ2n) is 8.82. The smallest absolute Gasteiger partial charge is 0.133 e. The largest absolute Gasteiger partial charge is 0.397 e. The maximum Gasteiger partial charge on any atom is 0.133 e. The van der Waals surface area contributed by atoms with E-state index >= 15 is 0 Å². The SMILES string of the molecule is Cc1cc2c(s1)c(-c1ccnc(Cc3cc(N)c(N(C)CCN(C)C)cc3C)n1)cn2C. The molecule has 168 valence electrons. The van der Waals surface area contributed by atoms with Gasteiger partial charge >= 0.3 is 0 Å². The second-order valence-corrected chi connectivity index (χ2v) is 10.1. The molecule has 2 N–H and O–H groups in total. The number of hydrogen-bond acceptors (Lipinski definition) is 6. The molecule has 0 amide bonds. The Hall–Kier alpha value is -2.90. The van der Waals surface area contributed by atoms with E-state index in [1.807, 2.05) is 23.6 Å². The lowest BCUT2D eigenvalue weighted by atomic mass is 10.0. The summed E-state index contributed by atoms with van der Waals surface area (Å²) in [5.41, 5.74) is 14.1. The fourth-order valence-corrected chi connectivity index (χ4v) is 5.08. The molecule has 32 heavy (non-hydrogen) atoms. The zero-order valence-corrected chi connectivity index (χ0v) is 20.6. The van der Waals surface area contributed by atoms with E-state index < -0.39 is 0 Å². The van der Waals surface area contributed by atoms with Gasteiger partial charge in [-0.15, -0.1) is 11.3 Å². The van der Waals surface area contributed by atoms with Crippen LogP contribution < -0.4 is 10.6 Å². The van der Waals surface area contributed by atoms with Gasteiger partial charge in [0.2, 0.25) is 0 Å². The highest BCUT2D eigenvalue weighted by molar-refractivity contribution is 7.19. The van der Waals surface area contributed by atoms with Gasteiger partial charge in [0.25, 0.3) is 0 Å². The van der Waals surface area contributed by atoms with Crippen molar-refractivity contribution in [2.75, 3.05) is 44.9 Å². The first-order valence-electron chi connectivity index (χ1n) is 10.9. The number of hydrogen-bond donors (Lipinski definition) is 1. The highest BCUT2D eigenvalue weighted by Gasteiger charge is 2.15. The predicted octanol–water partition coefficient (Wildman–Crippen LogP) is 4.48. The number of aryl methyl sites for hydroxylation is 3. The molecule has 4 rings (SSSR count). The topological polar surface area (TPSA) is 63.2 Å². The molecule has 0 saturated heterocycles. The lowest BCUT2D eigenvalue weighted by Gasteiger charge is -2.24. The zero-order valence-electron chi connectivity index (χ0n) is 19.8. The molecule has 3 aromatic heterocycles. The Morgan fingerprint density at radius 3 is 2.62 bits per heavy atom. The van der Waals surface area contributed by atoms with Crippen LogP contribution in [0.1, 0.15) is 21.8 Å². The van der Waals surface area contributed by atoms with E-state index in [1.54, 1.807) is 0 Å². The molecule has 0 atom stereocenters. The van der Waals surface area contributed by atoms with Crippen molar-refractivity contribution >= 4 is 32.9 Å². The molecule has 0 spiro atoms. The Kier molecular flexibility index (Phi) is 6.22. The van der Waals surface area contributed by atoms with Crippen LogP contribution in [0.15, 0.2) is 36.7 Å². The van der Waals surface area contributed by atoms with Gasteiger partial charge in [-0.1, -0.05) is 0 Å². The maximum absolute atomic E-state index is 6.44. The summed E-state index contributed by atoms with van der Waals surface area (Å²) in [5.74, 6) is 0.809. The van der Waals surface area contributed by atoms with E-state index in [2.05, 4.69) is 85.8 Å². The monoisotopic (exact) mass is 448 g/mol. The summed E-state index contributed by atoms with van der Waals surface area (Å²) in [6.45, 7) is 6.19. The van der Waals surface area contributed by atoms with Crippen LogP contribution in [-0.4, -0.2) is 53.7 Å². The lowest BCUT2D eigenvalue weighted by Crippen LogP contribution is -2.29. The number of nitrogens with two attached hydrogens (primary N) is 1. The van der Waals surface area contributed by atoms with Crippen LogP contribution >= 0.6 is 11.3 Å². The van der Waals surface area contributed by atoms with Crippen LogP contribution in [0.3, 0.4) is 0 Å². The summed E-state index contributed by atoms with van der Waals surface area (Å²) in [6, 6.07) is 8.49. The highest BCUT2D eigenvalue weighted by Crippen LogP contribution is 2.35. The normalized spacial score (nSPS) is 11.6. The van der Waals surface area contributed by atoms with Gasteiger partial charge in [0, 0.05) is 56.4 Å². The molecule has 0 bridgehead atoms. The van der Waals surface area contributed by atoms with Gasteiger partial charge in [-0.3, -0.25) is 0 Å². The molecule has 0 saturated carbocycles. The molecule has 0 aliphatic rings. The van der Waals surface area contributed by atoms with Crippen LogP contribution in [0, 0.1) is 13.8 Å². The third-order valence-electron chi connectivity index (χ3n) is 5.89. The van der Waals surface area contributed by atoms with Crippen molar-refractivity contribution in [3.05, 3.63) is 58.5 Å². The summed E-state index contributed by atoms with van der Waals surface area (Å²) in [4.78, 5) is 15.2. The molecular weight excluding hydrogens is 416 g/mol. The van der Waals surface area contributed by atoms with Crippen molar-refractivity contribution in [1.29, 1.82) is 0 Å². The Morgan fingerprint density at radius 2 is 1.88 bits per heavy atom. The minimum absolute atomic E-state index is 0.658. The van der Waals surface area contributed by atoms with Crippen LogP contribution in [0.4, 0.5) is 11.4 Å². The van der Waals surface area contributed by atoms with Crippen LogP contribution in [0.5, 0.6) is 0 Å². The predicted molar refractivity (Wildman–Crippen MR) is 137 cm³/mol. The fraction of sp³-hybridized carbons (Fsp3) is 0.360. The molecular formula is C25H32N6S. The quantitative estimate of drug-likeness (QED) is 0.422. The van der Waals surface area contributed by atoms with Crippen molar-refractivity contribution in [3.63, 3.8) is 0 Å². The Labute approximate surface area is 194 Å². The average Bonchev–Trinajstić information content (AvgIpc) is 3.27. The molecule has 3 heterocycles. The molecule has 7 heteroatoms. The lowest BCUT2D eigenvalue weighted by molar-refractivity contribution is 0.416. The molecule has 0 fully saturated rings. The number of nitrogen functional groups attached to an aromatic ring is 1. The summed E-state index contributed by atoms with van der Waals surface area (Å²) in [5, 5.41) is 0. The molecule has 0 radical (unpaired) electrons. The average molecular weight is 449 g/mol. The standard InChI is InChI=1S/C25H32N6S/c1-16-11-22(30(5)10-9-29(3)4)20(26)13-18(16)14-24-27-8-7-21(28-24)19-15-31(6)23-12-17(2)32-25(19)23/h7-8,11-13,15H,9-10,14,26H2,1-6H3. The van der Waals surface area contributed by atoms with E-state index in [0.29, 0.717) is 6.42 Å². The number of benzene rings is 1. The third kappa shape index (κ3) is 4.49. The minimum atomic E-state index is 0.658. The van der Waals surface area contributed by atoms with Gasteiger partial charge in [-0.25, -0.2) is 9.97 Å². The van der Waals surface area contributed by atoms with Crippen molar-refractivity contribution in [1.82, 2.24) is 19.4 Å². The summed E-state index contributed by atoms with van der Waals surface area (Å²) < 4.78 is 3.45. The van der Waals surface area contributed by atoms with E-state index in [9.17, 15) is 0 Å². The number of aromatic nitrogens is 3. The molecule has 0 unspecified atom stereocenters. The molecule has 0 aliphatic carbocycles. The Balaban J connectivity index is 1.60. The van der Waals surface area contributed by atoms with Gasteiger partial charge in [0.1, 0.15) is 5.82 Å². The summed E-state index contributed by atoms with van der Waals surface area (Å²) in [6.07, 6.45) is 4.68. The van der Waals surface area contributed by atoms with Crippen LogP contribution in [0.25, 0.3) is 21.5 Å². The Morgan fingerprint density at radius 1 is 1.09 bits per heavy atom. The molecule has 0 aliphatic heterocycles. The minimum Gasteiger partial charge on any atom is -0.397 e. The van der Waals surface area contributed by atoms with Gasteiger partial charge in [0.15, 0.2) is 0 Å². The molecule has 4 aromatic rings. The first-order chi connectivity index (χ1) is 15.2. The van der Waals surface area contributed by atoms with E-state index in [0.717, 1.165) is 41.5 Å². The Bertz CT molecular complexity index is 1250. The van der Waals surface area contributed by atoms with Crippen molar-refractivity contribution in [3.8, 4) is 11.3 Å². The highest BCUT2D eigenvalue weighted by atomic mass is 32.1. The van der Waals surface area contributed by atoms with Crippen molar-refractivity contribution < 1.29 is 0 Å². The summed E-state index contributed by atoms with van der Waals surface area (Å²) in [7, 11) is 8.34. The van der Waals surface area contributed by atoms with Gasteiger partial charge in [-0.2, -0.15) is 0 Å². The van der Waals surface area contributed by atoms with Gasteiger partial charge in [0.05, 0.1) is 27.3 Å². The van der Waals surface area contributed by atoms with Gasteiger partial charge in [-0.05, 0) is 63.3 Å². The zero-order chi connectivity index (χ0) is 23.0. The van der Waals surface area contributed by atoms with Crippen LogP contribution in [0.2, 0.25) is 0 Å². The van der Waals surface area contributed by atoms with E-state index in [-0.39, 0.29) is 0 Å². The second kappa shape index (κ2) is 8.92. The number of anilines is 2. The number of fused-ring (bicyclic) bond motifs is 1. The van der Waals surface area contributed by atoms with Crippen molar-refractivity contribution in [2.45, 2.75) is 20.3 Å². The van der Waals surface area contributed by atoms with E-state index in [1.165, 1.54) is 26.2 Å². The maximum atomic E-state index is 6.44. The van der Waals surface area contributed by atoms with Gasteiger partial charge < -0.3 is 20.1 Å².